The van der Waals surface area contributed by atoms with Gasteiger partial charge in [0.1, 0.15) is 5.82 Å². The Balaban J connectivity index is 1.76. The second kappa shape index (κ2) is 6.77. The molecular weight excluding hydrogens is 276 g/mol. The van der Waals surface area contributed by atoms with Crippen molar-refractivity contribution in [2.24, 2.45) is 0 Å². The second-order valence-corrected chi connectivity index (χ2v) is 4.61. The quantitative estimate of drug-likeness (QED) is 0.737. The van der Waals surface area contributed by atoms with Crippen LogP contribution >= 0.6 is 11.6 Å². The maximum atomic E-state index is 11.8. The Morgan fingerprint density at radius 3 is 2.80 bits per heavy atom. The van der Waals surface area contributed by atoms with Gasteiger partial charge in [0, 0.05) is 23.7 Å². The number of halogens is 1. The van der Waals surface area contributed by atoms with Crippen molar-refractivity contribution in [1.29, 1.82) is 0 Å². The molecule has 0 aliphatic rings. The van der Waals surface area contributed by atoms with E-state index in [4.69, 9.17) is 17.3 Å². The molecule has 0 aliphatic heterocycles. The van der Waals surface area contributed by atoms with Crippen LogP contribution in [0.3, 0.4) is 0 Å². The molecule has 1 amide bonds. The first-order valence-corrected chi connectivity index (χ1v) is 6.52. The monoisotopic (exact) mass is 290 g/mol. The molecule has 4 N–H and O–H groups in total. The highest BCUT2D eigenvalue weighted by atomic mass is 35.5. The number of benzene rings is 1. The average Bonchev–Trinajstić information content (AvgIpc) is 2.45. The topological polar surface area (TPSA) is 80.0 Å². The molecule has 5 nitrogen and oxygen atoms in total. The number of pyridine rings is 1. The summed E-state index contributed by atoms with van der Waals surface area (Å²) in [5.74, 6) is 0.566. The summed E-state index contributed by atoms with van der Waals surface area (Å²) in [5.41, 5.74) is 6.70. The number of amides is 1. The summed E-state index contributed by atoms with van der Waals surface area (Å²) in [4.78, 5) is 15.9. The lowest BCUT2D eigenvalue weighted by Crippen LogP contribution is -2.28. The van der Waals surface area contributed by atoms with Gasteiger partial charge in [-0.3, -0.25) is 4.79 Å². The van der Waals surface area contributed by atoms with Crippen molar-refractivity contribution in [2.45, 2.75) is 0 Å². The summed E-state index contributed by atoms with van der Waals surface area (Å²) in [6.45, 7) is 1.06. The van der Waals surface area contributed by atoms with Crippen LogP contribution in [-0.2, 0) is 0 Å². The maximum Gasteiger partial charge on any atom is 0.251 e. The van der Waals surface area contributed by atoms with Gasteiger partial charge in [0.15, 0.2) is 0 Å². The smallest absolute Gasteiger partial charge is 0.251 e. The first kappa shape index (κ1) is 14.1. The van der Waals surface area contributed by atoms with Gasteiger partial charge in [-0.1, -0.05) is 17.7 Å². The number of anilines is 2. The third-order valence-corrected chi connectivity index (χ3v) is 2.82. The van der Waals surface area contributed by atoms with Gasteiger partial charge in [0.2, 0.25) is 0 Å². The molecule has 0 atom stereocenters. The minimum absolute atomic E-state index is 0.153. The van der Waals surface area contributed by atoms with Crippen LogP contribution in [0.25, 0.3) is 0 Å². The minimum atomic E-state index is -0.153. The van der Waals surface area contributed by atoms with Crippen LogP contribution in [0.15, 0.2) is 42.6 Å². The molecule has 0 fully saturated rings. The molecular formula is C14H15ClN4O. The van der Waals surface area contributed by atoms with Crippen LogP contribution in [0, 0.1) is 0 Å². The summed E-state index contributed by atoms with van der Waals surface area (Å²) in [5, 5.41) is 6.42. The van der Waals surface area contributed by atoms with Crippen molar-refractivity contribution in [3.8, 4) is 0 Å². The zero-order valence-corrected chi connectivity index (χ0v) is 11.5. The molecule has 0 unspecified atom stereocenters. The molecule has 0 aliphatic carbocycles. The van der Waals surface area contributed by atoms with Gasteiger partial charge in [-0.2, -0.15) is 0 Å². The highest BCUT2D eigenvalue weighted by molar-refractivity contribution is 6.30. The molecule has 0 spiro atoms. The van der Waals surface area contributed by atoms with E-state index in [-0.39, 0.29) is 5.91 Å². The molecule has 0 saturated carbocycles. The van der Waals surface area contributed by atoms with Crippen molar-refractivity contribution < 1.29 is 4.79 Å². The molecule has 104 valence electrons. The van der Waals surface area contributed by atoms with Crippen molar-refractivity contribution in [1.82, 2.24) is 10.3 Å². The van der Waals surface area contributed by atoms with E-state index in [0.29, 0.717) is 29.4 Å². The zero-order valence-electron chi connectivity index (χ0n) is 10.8. The van der Waals surface area contributed by atoms with Gasteiger partial charge in [-0.25, -0.2) is 4.98 Å². The number of nitrogens with zero attached hydrogens (tertiary/aromatic N) is 1. The number of nitrogens with two attached hydrogens (primary N) is 1. The summed E-state index contributed by atoms with van der Waals surface area (Å²) in [7, 11) is 0. The van der Waals surface area contributed by atoms with Crippen LogP contribution in [0.2, 0.25) is 5.02 Å². The second-order valence-electron chi connectivity index (χ2n) is 4.17. The molecule has 1 aromatic carbocycles. The Morgan fingerprint density at radius 1 is 1.25 bits per heavy atom. The number of nitrogens with one attached hydrogen (secondary N) is 2. The number of hydrogen-bond donors (Lipinski definition) is 3. The number of rotatable bonds is 5. The van der Waals surface area contributed by atoms with E-state index in [1.165, 1.54) is 0 Å². The first-order valence-electron chi connectivity index (χ1n) is 6.14. The number of carbonyl (C=O) groups excluding carboxylic acids is 1. The summed E-state index contributed by atoms with van der Waals surface area (Å²) < 4.78 is 0. The normalized spacial score (nSPS) is 10.1. The standard InChI is InChI=1S/C14H15ClN4O/c15-11-3-1-2-10(8-11)14(20)18-7-6-17-13-5-4-12(16)9-19-13/h1-5,8-9H,6-7,16H2,(H,17,19)(H,18,20). The van der Waals surface area contributed by atoms with E-state index in [1.54, 1.807) is 42.6 Å². The Hall–Kier alpha value is -2.27. The van der Waals surface area contributed by atoms with Crippen LogP contribution in [0.1, 0.15) is 10.4 Å². The number of hydrogen-bond acceptors (Lipinski definition) is 4. The SMILES string of the molecule is Nc1ccc(NCCNC(=O)c2cccc(Cl)c2)nc1. The highest BCUT2D eigenvalue weighted by Crippen LogP contribution is 2.10. The molecule has 0 saturated heterocycles. The van der Waals surface area contributed by atoms with Crippen molar-refractivity contribution in [3.63, 3.8) is 0 Å². The van der Waals surface area contributed by atoms with Gasteiger partial charge in [-0.05, 0) is 30.3 Å². The van der Waals surface area contributed by atoms with Crippen molar-refractivity contribution in [3.05, 3.63) is 53.2 Å². The van der Waals surface area contributed by atoms with Crippen LogP contribution in [-0.4, -0.2) is 24.0 Å². The highest BCUT2D eigenvalue weighted by Gasteiger charge is 2.04. The van der Waals surface area contributed by atoms with Crippen LogP contribution < -0.4 is 16.4 Å². The summed E-state index contributed by atoms with van der Waals surface area (Å²) in [6.07, 6.45) is 1.58. The first-order chi connectivity index (χ1) is 9.65. The molecule has 2 rings (SSSR count). The number of carbonyl (C=O) groups is 1. The van der Waals surface area contributed by atoms with Gasteiger partial charge in [0.05, 0.1) is 11.9 Å². The minimum Gasteiger partial charge on any atom is -0.397 e. The van der Waals surface area contributed by atoms with Crippen LogP contribution in [0.5, 0.6) is 0 Å². The van der Waals surface area contributed by atoms with E-state index in [2.05, 4.69) is 15.6 Å². The van der Waals surface area contributed by atoms with Gasteiger partial charge in [0.25, 0.3) is 5.91 Å². The number of aromatic nitrogens is 1. The van der Waals surface area contributed by atoms with E-state index in [9.17, 15) is 4.79 Å². The Bertz CT molecular complexity index is 586. The fraction of sp³-hybridized carbons (Fsp3) is 0.143. The fourth-order valence-electron chi connectivity index (χ4n) is 1.61. The van der Waals surface area contributed by atoms with E-state index < -0.39 is 0 Å². The zero-order chi connectivity index (χ0) is 14.4. The van der Waals surface area contributed by atoms with Crippen LogP contribution in [0.4, 0.5) is 11.5 Å². The molecule has 0 radical (unpaired) electrons. The van der Waals surface area contributed by atoms with Crippen molar-refractivity contribution >= 4 is 29.0 Å². The summed E-state index contributed by atoms with van der Waals surface area (Å²) >= 11 is 5.83. The lowest BCUT2D eigenvalue weighted by molar-refractivity contribution is 0.0955. The predicted molar refractivity (Wildman–Crippen MR) is 80.9 cm³/mol. The lowest BCUT2D eigenvalue weighted by atomic mass is 10.2. The fourth-order valence-corrected chi connectivity index (χ4v) is 1.80. The Kier molecular flexibility index (Phi) is 4.79. The lowest BCUT2D eigenvalue weighted by Gasteiger charge is -2.07. The van der Waals surface area contributed by atoms with Gasteiger partial charge < -0.3 is 16.4 Å². The molecule has 1 heterocycles. The third-order valence-electron chi connectivity index (χ3n) is 2.59. The van der Waals surface area contributed by atoms with Gasteiger partial charge >= 0.3 is 0 Å². The molecule has 6 heteroatoms. The number of nitrogen functional groups attached to an aromatic ring is 1. The Labute approximate surface area is 122 Å². The Morgan fingerprint density at radius 2 is 2.10 bits per heavy atom. The maximum absolute atomic E-state index is 11.8. The predicted octanol–water partition coefficient (Wildman–Crippen LogP) is 2.16. The van der Waals surface area contributed by atoms with Crippen molar-refractivity contribution in [2.75, 3.05) is 24.1 Å². The third kappa shape index (κ3) is 4.13. The van der Waals surface area contributed by atoms with E-state index in [1.807, 2.05) is 0 Å². The molecule has 2 aromatic rings. The molecule has 0 bridgehead atoms. The van der Waals surface area contributed by atoms with E-state index in [0.717, 1.165) is 5.82 Å². The summed E-state index contributed by atoms with van der Waals surface area (Å²) in [6, 6.07) is 10.4. The van der Waals surface area contributed by atoms with Gasteiger partial charge in [-0.15, -0.1) is 0 Å². The largest absolute Gasteiger partial charge is 0.397 e. The molecule has 1 aromatic heterocycles. The molecule has 20 heavy (non-hydrogen) atoms. The van der Waals surface area contributed by atoms with E-state index >= 15 is 0 Å². The average molecular weight is 291 g/mol.